The van der Waals surface area contributed by atoms with E-state index in [1.54, 1.807) is 11.0 Å². The summed E-state index contributed by atoms with van der Waals surface area (Å²) >= 11 is 0. The molecule has 0 amide bonds. The smallest absolute Gasteiger partial charge is 0.393 e. The van der Waals surface area contributed by atoms with Crippen molar-refractivity contribution < 1.29 is 17.6 Å². The van der Waals surface area contributed by atoms with E-state index in [1.165, 1.54) is 6.07 Å². The Morgan fingerprint density at radius 1 is 1.15 bits per heavy atom. The molecule has 1 atom stereocenters. The van der Waals surface area contributed by atoms with Crippen LogP contribution in [0.3, 0.4) is 0 Å². The fourth-order valence-corrected chi connectivity index (χ4v) is 3.85. The summed E-state index contributed by atoms with van der Waals surface area (Å²) in [6.07, 6.45) is -3.51. The highest BCUT2D eigenvalue weighted by Gasteiger charge is 2.41. The molecule has 136 valence electrons. The lowest BCUT2D eigenvalue weighted by Gasteiger charge is -2.33. The Hall–Kier alpha value is -2.34. The fraction of sp³-hybridized carbons (Fsp3) is 0.350. The number of likely N-dealkylation sites (tertiary alicyclic amines) is 1. The number of fused-ring (bicyclic) bond motifs is 3. The SMILES string of the molecule is O=c1cc(CN2CCC[C@@H](C(F)(F)F)C2)c2c(ccc3ccccc32)o1. The van der Waals surface area contributed by atoms with Crippen LogP contribution in [0, 0.1) is 5.92 Å². The molecule has 1 aromatic heterocycles. The molecule has 0 spiro atoms. The molecule has 4 rings (SSSR count). The van der Waals surface area contributed by atoms with Crippen molar-refractivity contribution >= 4 is 21.7 Å². The predicted octanol–water partition coefficient (Wildman–Crippen LogP) is 4.72. The molecule has 26 heavy (non-hydrogen) atoms. The molecule has 2 heterocycles. The van der Waals surface area contributed by atoms with E-state index in [0.29, 0.717) is 25.1 Å². The summed E-state index contributed by atoms with van der Waals surface area (Å²) < 4.78 is 44.6. The van der Waals surface area contributed by atoms with E-state index in [9.17, 15) is 18.0 Å². The topological polar surface area (TPSA) is 33.5 Å². The summed E-state index contributed by atoms with van der Waals surface area (Å²) in [4.78, 5) is 13.7. The number of rotatable bonds is 2. The molecule has 2 aromatic carbocycles. The van der Waals surface area contributed by atoms with Crippen LogP contribution in [-0.4, -0.2) is 24.2 Å². The van der Waals surface area contributed by atoms with Gasteiger partial charge in [0.15, 0.2) is 0 Å². The quantitative estimate of drug-likeness (QED) is 0.489. The van der Waals surface area contributed by atoms with Crippen molar-refractivity contribution in [2.24, 2.45) is 5.92 Å². The van der Waals surface area contributed by atoms with E-state index in [2.05, 4.69) is 0 Å². The van der Waals surface area contributed by atoms with E-state index in [1.807, 2.05) is 30.3 Å². The maximum absolute atomic E-state index is 13.1. The minimum Gasteiger partial charge on any atom is -0.423 e. The van der Waals surface area contributed by atoms with E-state index >= 15 is 0 Å². The van der Waals surface area contributed by atoms with E-state index < -0.39 is 17.7 Å². The van der Waals surface area contributed by atoms with Crippen LogP contribution in [0.4, 0.5) is 13.2 Å². The van der Waals surface area contributed by atoms with Gasteiger partial charge in [-0.05, 0) is 41.8 Å². The minimum absolute atomic E-state index is 0.0318. The number of nitrogens with zero attached hydrogens (tertiary/aromatic N) is 1. The Balaban J connectivity index is 1.76. The van der Waals surface area contributed by atoms with Crippen molar-refractivity contribution in [3.8, 4) is 0 Å². The molecule has 6 heteroatoms. The molecule has 0 bridgehead atoms. The Labute approximate surface area is 148 Å². The second kappa shape index (κ2) is 6.43. The molecule has 0 unspecified atom stereocenters. The minimum atomic E-state index is -4.18. The maximum atomic E-state index is 13.1. The summed E-state index contributed by atoms with van der Waals surface area (Å²) in [7, 11) is 0. The van der Waals surface area contributed by atoms with Crippen molar-refractivity contribution in [2.75, 3.05) is 13.1 Å². The highest BCUT2D eigenvalue weighted by atomic mass is 19.4. The van der Waals surface area contributed by atoms with Crippen LogP contribution in [0.15, 0.2) is 51.7 Å². The molecule has 1 aliphatic heterocycles. The highest BCUT2D eigenvalue weighted by molar-refractivity contribution is 6.07. The highest BCUT2D eigenvalue weighted by Crippen LogP contribution is 2.34. The van der Waals surface area contributed by atoms with Gasteiger partial charge in [-0.15, -0.1) is 0 Å². The Kier molecular flexibility index (Phi) is 4.23. The van der Waals surface area contributed by atoms with Crippen LogP contribution < -0.4 is 5.63 Å². The normalized spacial score (nSPS) is 19.3. The summed E-state index contributed by atoms with van der Waals surface area (Å²) in [5.41, 5.74) is 0.707. The molecule has 0 saturated carbocycles. The summed E-state index contributed by atoms with van der Waals surface area (Å²) in [6, 6.07) is 12.8. The third-order valence-electron chi connectivity index (χ3n) is 5.08. The van der Waals surface area contributed by atoms with E-state index in [-0.39, 0.29) is 13.0 Å². The number of hydrogen-bond acceptors (Lipinski definition) is 3. The van der Waals surface area contributed by atoms with Gasteiger partial charge < -0.3 is 4.42 Å². The Bertz CT molecular complexity index is 1010. The standard InChI is InChI=1S/C20H18F3NO2/c21-20(22,23)15-5-3-9-24(12-15)11-14-10-18(25)26-17-8-7-13-4-1-2-6-16(13)19(14)17/h1-2,4,6-8,10,15H,3,5,9,11-12H2/t15-/m1/s1. The molecule has 3 nitrogen and oxygen atoms in total. The average molecular weight is 361 g/mol. The van der Waals surface area contributed by atoms with E-state index in [4.69, 9.17) is 4.42 Å². The summed E-state index contributed by atoms with van der Waals surface area (Å²) in [6.45, 7) is 0.873. The van der Waals surface area contributed by atoms with Crippen molar-refractivity contribution in [3.63, 3.8) is 0 Å². The van der Waals surface area contributed by atoms with Gasteiger partial charge in [0.25, 0.3) is 0 Å². The van der Waals surface area contributed by atoms with Crippen molar-refractivity contribution in [3.05, 3.63) is 58.4 Å². The van der Waals surface area contributed by atoms with Crippen LogP contribution in [-0.2, 0) is 6.54 Å². The van der Waals surface area contributed by atoms with Gasteiger partial charge in [0.1, 0.15) is 5.58 Å². The van der Waals surface area contributed by atoms with Crippen molar-refractivity contribution in [1.29, 1.82) is 0 Å². The zero-order chi connectivity index (χ0) is 18.3. The van der Waals surface area contributed by atoms with Crippen LogP contribution >= 0.6 is 0 Å². The van der Waals surface area contributed by atoms with Gasteiger partial charge in [0.05, 0.1) is 5.92 Å². The van der Waals surface area contributed by atoms with Crippen LogP contribution in [0.2, 0.25) is 0 Å². The second-order valence-corrected chi connectivity index (χ2v) is 6.87. The largest absolute Gasteiger partial charge is 0.423 e. The molecular formula is C20H18F3NO2. The van der Waals surface area contributed by atoms with Gasteiger partial charge in [0, 0.05) is 24.5 Å². The zero-order valence-electron chi connectivity index (χ0n) is 14.1. The Morgan fingerprint density at radius 3 is 2.77 bits per heavy atom. The molecule has 0 aliphatic carbocycles. The lowest BCUT2D eigenvalue weighted by molar-refractivity contribution is -0.187. The van der Waals surface area contributed by atoms with Crippen LogP contribution in [0.5, 0.6) is 0 Å². The van der Waals surface area contributed by atoms with Gasteiger partial charge in [-0.3, -0.25) is 4.90 Å². The van der Waals surface area contributed by atoms with Crippen molar-refractivity contribution in [1.82, 2.24) is 4.90 Å². The zero-order valence-corrected chi connectivity index (χ0v) is 14.1. The summed E-state index contributed by atoms with van der Waals surface area (Å²) in [5, 5.41) is 2.74. The average Bonchev–Trinajstić information content (AvgIpc) is 2.60. The number of hydrogen-bond donors (Lipinski definition) is 0. The van der Waals surface area contributed by atoms with Gasteiger partial charge in [-0.25, -0.2) is 4.79 Å². The lowest BCUT2D eigenvalue weighted by Crippen LogP contribution is -2.41. The van der Waals surface area contributed by atoms with Crippen LogP contribution in [0.25, 0.3) is 21.7 Å². The molecule has 3 aromatic rings. The summed E-state index contributed by atoms with van der Waals surface area (Å²) in [5.74, 6) is -1.31. The number of alkyl halides is 3. The van der Waals surface area contributed by atoms with Gasteiger partial charge >= 0.3 is 11.8 Å². The first-order chi connectivity index (χ1) is 12.4. The monoisotopic (exact) mass is 361 g/mol. The van der Waals surface area contributed by atoms with Crippen molar-refractivity contribution in [2.45, 2.75) is 25.6 Å². The fourth-order valence-electron chi connectivity index (χ4n) is 3.85. The molecular weight excluding hydrogens is 343 g/mol. The first-order valence-corrected chi connectivity index (χ1v) is 8.65. The van der Waals surface area contributed by atoms with E-state index in [0.717, 1.165) is 21.7 Å². The third-order valence-corrected chi connectivity index (χ3v) is 5.08. The molecule has 1 fully saturated rings. The molecule has 0 radical (unpaired) electrons. The maximum Gasteiger partial charge on any atom is 0.393 e. The Morgan fingerprint density at radius 2 is 1.96 bits per heavy atom. The van der Waals surface area contributed by atoms with Gasteiger partial charge in [0.2, 0.25) is 0 Å². The molecule has 1 aliphatic rings. The lowest BCUT2D eigenvalue weighted by atomic mass is 9.96. The third kappa shape index (κ3) is 3.21. The molecule has 0 N–H and O–H groups in total. The number of piperidine rings is 1. The second-order valence-electron chi connectivity index (χ2n) is 6.87. The molecule has 1 saturated heterocycles. The van der Waals surface area contributed by atoms with Gasteiger partial charge in [-0.1, -0.05) is 30.3 Å². The number of halogens is 3. The predicted molar refractivity (Wildman–Crippen MR) is 94.0 cm³/mol. The first-order valence-electron chi connectivity index (χ1n) is 8.65. The van der Waals surface area contributed by atoms with Gasteiger partial charge in [-0.2, -0.15) is 13.2 Å². The van der Waals surface area contributed by atoms with Crippen LogP contribution in [0.1, 0.15) is 18.4 Å². The number of benzene rings is 2. The first kappa shape index (κ1) is 17.1.